The highest BCUT2D eigenvalue weighted by Gasteiger charge is 2.21. The highest BCUT2D eigenvalue weighted by Crippen LogP contribution is 2.42. The summed E-state index contributed by atoms with van der Waals surface area (Å²) < 4.78 is 24.1. The van der Waals surface area contributed by atoms with Gasteiger partial charge in [-0.2, -0.15) is 0 Å². The zero-order valence-corrected chi connectivity index (χ0v) is 17.7. The van der Waals surface area contributed by atoms with Crippen molar-refractivity contribution >= 4 is 30.9 Å². The van der Waals surface area contributed by atoms with Crippen LogP contribution in [0.25, 0.3) is 11.2 Å². The molecule has 2 aromatic heterocycles. The fraction of sp³-hybridized carbons (Fsp3) is 0.647. The lowest BCUT2D eigenvalue weighted by atomic mass is 10.4. The van der Waals surface area contributed by atoms with E-state index in [0.29, 0.717) is 29.9 Å². The Hall–Kier alpha value is -1.87. The van der Waals surface area contributed by atoms with E-state index in [-0.39, 0.29) is 19.1 Å². The molecule has 0 fully saturated rings. The van der Waals surface area contributed by atoms with E-state index >= 15 is 0 Å². The molecule has 1 N–H and O–H groups in total. The molecule has 28 heavy (non-hydrogen) atoms. The highest BCUT2D eigenvalue weighted by molar-refractivity contribution is 7.52. The standard InChI is InChI=1S/C17H29N6O4P/c1-5-8-27-28(24,25)13-26-14(4)9-23-12-20-15-16(18-10-19-17(15)23)21-11-22(6-2)7-3/h10-12,14H,5-9,13H2,1-4H3,(H,24,25)/t14-/m1/s1. The third-order valence-corrected chi connectivity index (χ3v) is 5.07. The summed E-state index contributed by atoms with van der Waals surface area (Å²) in [7, 11) is -3.73. The number of nitrogens with zero attached hydrogens (tertiary/aromatic N) is 6. The molecule has 0 bridgehead atoms. The SMILES string of the molecule is CCCOP(=O)(O)CO[C@H](C)Cn1cnc2c(N=CN(CC)CC)ncnc21. The van der Waals surface area contributed by atoms with Crippen LogP contribution in [0, 0.1) is 0 Å². The van der Waals surface area contributed by atoms with E-state index in [2.05, 4.69) is 38.7 Å². The van der Waals surface area contributed by atoms with Crippen LogP contribution in [-0.2, 0) is 20.4 Å². The van der Waals surface area contributed by atoms with Crippen molar-refractivity contribution in [2.24, 2.45) is 4.99 Å². The lowest BCUT2D eigenvalue weighted by Crippen LogP contribution is -2.20. The number of hydrogen-bond donors (Lipinski definition) is 1. The Bertz CT molecular complexity index is 823. The first kappa shape index (κ1) is 22.4. The van der Waals surface area contributed by atoms with Crippen LogP contribution in [0.2, 0.25) is 0 Å². The van der Waals surface area contributed by atoms with Crippen LogP contribution >= 0.6 is 7.60 Å². The van der Waals surface area contributed by atoms with Gasteiger partial charge in [-0.3, -0.25) is 4.57 Å². The minimum absolute atomic E-state index is 0.228. The summed E-state index contributed by atoms with van der Waals surface area (Å²) in [5.74, 6) is 0.497. The monoisotopic (exact) mass is 412 g/mol. The molecule has 0 saturated carbocycles. The van der Waals surface area contributed by atoms with Crippen LogP contribution in [0.4, 0.5) is 5.82 Å². The molecule has 2 aromatic rings. The molecule has 0 aliphatic carbocycles. The normalized spacial score (nSPS) is 15.2. The summed E-state index contributed by atoms with van der Waals surface area (Å²) in [6, 6.07) is 0. The molecule has 0 spiro atoms. The van der Waals surface area contributed by atoms with Crippen molar-refractivity contribution in [3.05, 3.63) is 12.7 Å². The Morgan fingerprint density at radius 2 is 2.07 bits per heavy atom. The molecular formula is C17H29N6O4P. The summed E-state index contributed by atoms with van der Waals surface area (Å²) in [6.07, 6.45) is 4.82. The quantitative estimate of drug-likeness (QED) is 0.321. The maximum atomic E-state index is 11.9. The van der Waals surface area contributed by atoms with Crippen LogP contribution < -0.4 is 0 Å². The third kappa shape index (κ3) is 6.34. The lowest BCUT2D eigenvalue weighted by Gasteiger charge is -2.17. The molecule has 2 rings (SSSR count). The molecule has 0 aromatic carbocycles. The van der Waals surface area contributed by atoms with Gasteiger partial charge in [0.15, 0.2) is 17.0 Å². The predicted molar refractivity (Wildman–Crippen MR) is 108 cm³/mol. The van der Waals surface area contributed by atoms with Gasteiger partial charge in [0.25, 0.3) is 0 Å². The van der Waals surface area contributed by atoms with Gasteiger partial charge in [0.05, 0.1) is 31.9 Å². The van der Waals surface area contributed by atoms with Crippen LogP contribution in [0.5, 0.6) is 0 Å². The van der Waals surface area contributed by atoms with E-state index in [9.17, 15) is 9.46 Å². The Kier molecular flexibility index (Phi) is 8.50. The van der Waals surface area contributed by atoms with Crippen LogP contribution in [0.1, 0.15) is 34.1 Å². The minimum Gasteiger partial charge on any atom is -0.364 e. The number of rotatable bonds is 12. The average Bonchev–Trinajstić information content (AvgIpc) is 3.09. The fourth-order valence-corrected chi connectivity index (χ4v) is 3.43. The number of ether oxygens (including phenoxy) is 1. The van der Waals surface area contributed by atoms with Crippen molar-refractivity contribution < 1.29 is 18.7 Å². The molecule has 0 aliphatic rings. The van der Waals surface area contributed by atoms with Gasteiger partial charge in [0.1, 0.15) is 12.7 Å². The van der Waals surface area contributed by atoms with E-state index in [1.807, 2.05) is 18.4 Å². The first-order chi connectivity index (χ1) is 13.4. The predicted octanol–water partition coefficient (Wildman–Crippen LogP) is 2.80. The van der Waals surface area contributed by atoms with E-state index in [4.69, 9.17) is 9.26 Å². The number of imidazole rings is 1. The maximum absolute atomic E-state index is 11.9. The Balaban J connectivity index is 2.06. The van der Waals surface area contributed by atoms with Crippen LogP contribution in [-0.4, -0.2) is 67.8 Å². The van der Waals surface area contributed by atoms with E-state index in [1.54, 1.807) is 12.7 Å². The van der Waals surface area contributed by atoms with E-state index in [1.165, 1.54) is 6.33 Å². The summed E-state index contributed by atoms with van der Waals surface area (Å²) in [5.41, 5.74) is 1.23. The first-order valence-corrected chi connectivity index (χ1v) is 11.2. The van der Waals surface area contributed by atoms with Gasteiger partial charge in [-0.05, 0) is 27.2 Å². The van der Waals surface area contributed by atoms with Crippen LogP contribution in [0.15, 0.2) is 17.6 Å². The summed E-state index contributed by atoms with van der Waals surface area (Å²) in [4.78, 5) is 29.1. The number of aliphatic imine (C=N–C) groups is 1. The molecule has 156 valence electrons. The van der Waals surface area contributed by atoms with Crippen molar-refractivity contribution in [2.75, 3.05) is 26.0 Å². The molecule has 1 unspecified atom stereocenters. The average molecular weight is 412 g/mol. The van der Waals surface area contributed by atoms with Gasteiger partial charge in [-0.25, -0.2) is 19.9 Å². The van der Waals surface area contributed by atoms with Crippen molar-refractivity contribution in [3.63, 3.8) is 0 Å². The summed E-state index contributed by atoms with van der Waals surface area (Å²) >= 11 is 0. The first-order valence-electron chi connectivity index (χ1n) is 9.42. The van der Waals surface area contributed by atoms with Crippen molar-refractivity contribution in [1.82, 2.24) is 24.4 Å². The lowest BCUT2D eigenvalue weighted by molar-refractivity contribution is 0.0717. The summed E-state index contributed by atoms with van der Waals surface area (Å²) in [6.45, 7) is 10.1. The van der Waals surface area contributed by atoms with Gasteiger partial charge in [0, 0.05) is 13.1 Å². The topological polar surface area (TPSA) is 115 Å². The second kappa shape index (κ2) is 10.6. The Morgan fingerprint density at radius 3 is 2.75 bits per heavy atom. The molecule has 10 nitrogen and oxygen atoms in total. The van der Waals surface area contributed by atoms with Gasteiger partial charge >= 0.3 is 7.60 Å². The summed E-state index contributed by atoms with van der Waals surface area (Å²) in [5, 5.41) is 0. The second-order valence-electron chi connectivity index (χ2n) is 6.31. The largest absolute Gasteiger partial charge is 0.364 e. The Labute approximate surface area is 165 Å². The zero-order chi connectivity index (χ0) is 20.6. The molecule has 0 saturated heterocycles. The molecule has 11 heteroatoms. The van der Waals surface area contributed by atoms with Crippen molar-refractivity contribution in [2.45, 2.75) is 46.8 Å². The van der Waals surface area contributed by atoms with Crippen LogP contribution in [0.3, 0.4) is 0 Å². The van der Waals surface area contributed by atoms with Crippen molar-refractivity contribution in [3.8, 4) is 0 Å². The van der Waals surface area contributed by atoms with Gasteiger partial charge in [0.2, 0.25) is 0 Å². The van der Waals surface area contributed by atoms with Gasteiger partial charge in [-0.15, -0.1) is 0 Å². The number of aromatic nitrogens is 4. The highest BCUT2D eigenvalue weighted by atomic mass is 31.2. The van der Waals surface area contributed by atoms with Crippen molar-refractivity contribution in [1.29, 1.82) is 0 Å². The number of hydrogen-bond acceptors (Lipinski definition) is 7. The van der Waals surface area contributed by atoms with E-state index < -0.39 is 7.60 Å². The number of fused-ring (bicyclic) bond motifs is 1. The Morgan fingerprint density at radius 1 is 1.32 bits per heavy atom. The molecule has 2 heterocycles. The minimum atomic E-state index is -3.73. The zero-order valence-electron chi connectivity index (χ0n) is 16.9. The fourth-order valence-electron chi connectivity index (χ4n) is 2.44. The molecule has 0 radical (unpaired) electrons. The van der Waals surface area contributed by atoms with Gasteiger partial charge in [-0.1, -0.05) is 6.92 Å². The molecular weight excluding hydrogens is 383 g/mol. The maximum Gasteiger partial charge on any atom is 0.353 e. The molecule has 2 atom stereocenters. The third-order valence-electron chi connectivity index (χ3n) is 4.01. The smallest absolute Gasteiger partial charge is 0.353 e. The second-order valence-corrected chi connectivity index (χ2v) is 8.10. The van der Waals surface area contributed by atoms with Gasteiger partial charge < -0.3 is 23.6 Å². The van der Waals surface area contributed by atoms with E-state index in [0.717, 1.165) is 13.1 Å². The molecule has 0 aliphatic heterocycles. The molecule has 0 amide bonds.